The molecule has 0 aliphatic heterocycles. The van der Waals surface area contributed by atoms with Gasteiger partial charge in [-0.3, -0.25) is 9.78 Å². The van der Waals surface area contributed by atoms with Gasteiger partial charge in [-0.25, -0.2) is 13.1 Å². The van der Waals surface area contributed by atoms with Gasteiger partial charge in [-0.15, -0.1) is 0 Å². The quantitative estimate of drug-likeness (QED) is 0.760. The van der Waals surface area contributed by atoms with Crippen LogP contribution in [0.2, 0.25) is 0 Å². The summed E-state index contributed by atoms with van der Waals surface area (Å²) in [5.41, 5.74) is 1.45. The first-order valence-electron chi connectivity index (χ1n) is 5.51. The summed E-state index contributed by atoms with van der Waals surface area (Å²) in [6, 6.07) is 5.36. The first kappa shape index (κ1) is 14.6. The van der Waals surface area contributed by atoms with Crippen LogP contribution in [0.5, 0.6) is 0 Å². The van der Waals surface area contributed by atoms with Gasteiger partial charge >= 0.3 is 5.97 Å². The first-order chi connectivity index (χ1) is 8.39. The van der Waals surface area contributed by atoms with Crippen molar-refractivity contribution in [2.45, 2.75) is 26.3 Å². The molecule has 7 heteroatoms. The molecule has 1 aromatic rings. The van der Waals surface area contributed by atoms with Crippen molar-refractivity contribution >= 4 is 16.0 Å². The smallest absolute Gasteiger partial charge is 0.303 e. The number of carbonyl (C=O) groups is 1. The van der Waals surface area contributed by atoms with Crippen molar-refractivity contribution in [1.82, 2.24) is 9.71 Å². The molecular weight excluding hydrogens is 256 g/mol. The number of carboxylic acids is 1. The Balaban J connectivity index is 2.44. The molecule has 0 unspecified atom stereocenters. The number of hydrogen-bond donors (Lipinski definition) is 2. The van der Waals surface area contributed by atoms with E-state index in [0.29, 0.717) is 5.69 Å². The summed E-state index contributed by atoms with van der Waals surface area (Å²) in [5, 5.41) is 8.42. The maximum absolute atomic E-state index is 11.5. The molecule has 1 heterocycles. The van der Waals surface area contributed by atoms with Gasteiger partial charge in [0.2, 0.25) is 10.0 Å². The van der Waals surface area contributed by atoms with Gasteiger partial charge in [0.25, 0.3) is 0 Å². The van der Waals surface area contributed by atoms with E-state index in [1.165, 1.54) is 0 Å². The Morgan fingerprint density at radius 3 is 2.78 bits per heavy atom. The van der Waals surface area contributed by atoms with E-state index >= 15 is 0 Å². The molecule has 0 atom stereocenters. The normalized spacial score (nSPS) is 11.4. The lowest BCUT2D eigenvalue weighted by molar-refractivity contribution is -0.137. The Hall–Kier alpha value is -1.47. The second-order valence-electron chi connectivity index (χ2n) is 3.91. The van der Waals surface area contributed by atoms with Gasteiger partial charge in [-0.05, 0) is 25.5 Å². The van der Waals surface area contributed by atoms with Crippen molar-refractivity contribution < 1.29 is 18.3 Å². The monoisotopic (exact) mass is 272 g/mol. The van der Waals surface area contributed by atoms with E-state index in [4.69, 9.17) is 5.11 Å². The number of rotatable bonds is 7. The lowest BCUT2D eigenvalue weighted by atomic mass is 10.3. The Labute approximate surface area is 106 Å². The minimum absolute atomic E-state index is 0.103. The minimum atomic E-state index is -3.44. The summed E-state index contributed by atoms with van der Waals surface area (Å²) in [6.45, 7) is 1.95. The van der Waals surface area contributed by atoms with Crippen LogP contribution in [0, 0.1) is 6.92 Å². The van der Waals surface area contributed by atoms with Crippen LogP contribution >= 0.6 is 0 Å². The zero-order chi connectivity index (χ0) is 13.6. The van der Waals surface area contributed by atoms with Crippen molar-refractivity contribution in [2.24, 2.45) is 0 Å². The van der Waals surface area contributed by atoms with Crippen molar-refractivity contribution in [3.63, 3.8) is 0 Å². The minimum Gasteiger partial charge on any atom is -0.481 e. The van der Waals surface area contributed by atoms with Crippen LogP contribution in [0.25, 0.3) is 0 Å². The van der Waals surface area contributed by atoms with Crippen LogP contribution in [-0.2, 0) is 21.4 Å². The molecule has 0 radical (unpaired) electrons. The highest BCUT2D eigenvalue weighted by atomic mass is 32.2. The molecule has 1 rings (SSSR count). The molecular formula is C11H16N2O4S. The largest absolute Gasteiger partial charge is 0.481 e. The number of nitrogens with zero attached hydrogens (tertiary/aromatic N) is 1. The number of aromatic nitrogens is 1. The van der Waals surface area contributed by atoms with Crippen molar-refractivity contribution in [3.8, 4) is 0 Å². The summed E-state index contributed by atoms with van der Waals surface area (Å²) < 4.78 is 25.5. The number of sulfonamides is 1. The Bertz CT molecular complexity index is 514. The molecule has 0 spiro atoms. The highest BCUT2D eigenvalue weighted by molar-refractivity contribution is 7.89. The molecule has 0 saturated heterocycles. The Morgan fingerprint density at radius 2 is 2.17 bits per heavy atom. The van der Waals surface area contributed by atoms with Gasteiger partial charge in [0.05, 0.1) is 18.0 Å². The number of nitrogens with one attached hydrogen (secondary N) is 1. The molecule has 2 N–H and O–H groups in total. The number of aliphatic carboxylic acids is 1. The zero-order valence-electron chi connectivity index (χ0n) is 10.1. The molecule has 0 fully saturated rings. The first-order valence-corrected chi connectivity index (χ1v) is 7.16. The summed E-state index contributed by atoms with van der Waals surface area (Å²) in [5.74, 6) is -1.18. The van der Waals surface area contributed by atoms with Crippen LogP contribution in [-0.4, -0.2) is 30.2 Å². The SMILES string of the molecule is Cc1cccc(CNS(=O)(=O)CCCC(=O)O)n1. The summed E-state index contributed by atoms with van der Waals surface area (Å²) in [6.07, 6.45) is -0.0461. The van der Waals surface area contributed by atoms with Crippen molar-refractivity contribution in [2.75, 3.05) is 5.75 Å². The van der Waals surface area contributed by atoms with E-state index < -0.39 is 16.0 Å². The van der Waals surface area contributed by atoms with E-state index in [-0.39, 0.29) is 25.1 Å². The van der Waals surface area contributed by atoms with Gasteiger partial charge in [-0.1, -0.05) is 6.07 Å². The van der Waals surface area contributed by atoms with Gasteiger partial charge < -0.3 is 5.11 Å². The van der Waals surface area contributed by atoms with E-state index in [2.05, 4.69) is 9.71 Å². The third-order valence-corrected chi connectivity index (χ3v) is 3.63. The van der Waals surface area contributed by atoms with Gasteiger partial charge in [0.1, 0.15) is 0 Å². The highest BCUT2D eigenvalue weighted by Gasteiger charge is 2.11. The van der Waals surface area contributed by atoms with Crippen LogP contribution in [0.4, 0.5) is 0 Å². The van der Waals surface area contributed by atoms with E-state index in [1.807, 2.05) is 13.0 Å². The van der Waals surface area contributed by atoms with Crippen molar-refractivity contribution in [1.29, 1.82) is 0 Å². The lowest BCUT2D eigenvalue weighted by Crippen LogP contribution is -2.26. The number of pyridine rings is 1. The molecule has 0 amide bonds. The highest BCUT2D eigenvalue weighted by Crippen LogP contribution is 2.00. The predicted octanol–water partition coefficient (Wildman–Crippen LogP) is 0.674. The Morgan fingerprint density at radius 1 is 1.44 bits per heavy atom. The van der Waals surface area contributed by atoms with Gasteiger partial charge in [-0.2, -0.15) is 0 Å². The Kier molecular flexibility index (Phi) is 5.24. The number of carboxylic acid groups (broad SMARTS) is 1. The van der Waals surface area contributed by atoms with Crippen molar-refractivity contribution in [3.05, 3.63) is 29.6 Å². The molecule has 0 saturated carbocycles. The van der Waals surface area contributed by atoms with E-state index in [9.17, 15) is 13.2 Å². The van der Waals surface area contributed by atoms with E-state index in [0.717, 1.165) is 5.69 Å². The lowest BCUT2D eigenvalue weighted by Gasteiger charge is -2.06. The topological polar surface area (TPSA) is 96.4 Å². The maximum atomic E-state index is 11.5. The van der Waals surface area contributed by atoms with Crippen LogP contribution in [0.1, 0.15) is 24.2 Å². The van der Waals surface area contributed by atoms with Crippen LogP contribution in [0.3, 0.4) is 0 Å². The average molecular weight is 272 g/mol. The number of hydrogen-bond acceptors (Lipinski definition) is 4. The fourth-order valence-electron chi connectivity index (χ4n) is 1.37. The molecule has 6 nitrogen and oxygen atoms in total. The average Bonchev–Trinajstić information content (AvgIpc) is 2.26. The molecule has 0 aliphatic carbocycles. The summed E-state index contributed by atoms with van der Waals surface area (Å²) >= 11 is 0. The second kappa shape index (κ2) is 6.46. The van der Waals surface area contributed by atoms with Gasteiger partial charge in [0, 0.05) is 12.1 Å². The standard InChI is InChI=1S/C11H16N2O4S/c1-9-4-2-5-10(13-9)8-12-18(16,17)7-3-6-11(14)15/h2,4-5,12H,3,6-8H2,1H3,(H,14,15). The van der Waals surface area contributed by atoms with E-state index in [1.54, 1.807) is 12.1 Å². The fraction of sp³-hybridized carbons (Fsp3) is 0.455. The molecule has 18 heavy (non-hydrogen) atoms. The van der Waals surface area contributed by atoms with Crippen LogP contribution < -0.4 is 4.72 Å². The maximum Gasteiger partial charge on any atom is 0.303 e. The summed E-state index contributed by atoms with van der Waals surface area (Å²) in [7, 11) is -3.44. The molecule has 100 valence electrons. The van der Waals surface area contributed by atoms with Crippen LogP contribution in [0.15, 0.2) is 18.2 Å². The van der Waals surface area contributed by atoms with Gasteiger partial charge in [0.15, 0.2) is 0 Å². The molecule has 0 aromatic carbocycles. The molecule has 1 aromatic heterocycles. The fourth-order valence-corrected chi connectivity index (χ4v) is 2.40. The molecule has 0 aliphatic rings. The third kappa shape index (κ3) is 5.74. The summed E-state index contributed by atoms with van der Waals surface area (Å²) in [4.78, 5) is 14.4. The predicted molar refractivity (Wildman–Crippen MR) is 66.5 cm³/mol. The second-order valence-corrected chi connectivity index (χ2v) is 5.83. The zero-order valence-corrected chi connectivity index (χ0v) is 10.9. The molecule has 0 bridgehead atoms. The third-order valence-electron chi connectivity index (χ3n) is 2.22. The number of aryl methyl sites for hydroxylation is 1.